The highest BCUT2D eigenvalue weighted by Crippen LogP contribution is 2.35. The van der Waals surface area contributed by atoms with Crippen LogP contribution in [0.25, 0.3) is 0 Å². The number of halogens is 1. The van der Waals surface area contributed by atoms with Crippen molar-refractivity contribution >= 4 is 15.9 Å². The van der Waals surface area contributed by atoms with Crippen molar-refractivity contribution in [3.63, 3.8) is 0 Å². The largest absolute Gasteiger partial charge is 0.503 e. The highest BCUT2D eigenvalue weighted by atomic mass is 79.9. The van der Waals surface area contributed by atoms with Gasteiger partial charge >= 0.3 is 0 Å². The summed E-state index contributed by atoms with van der Waals surface area (Å²) in [5.41, 5.74) is 5.65. The highest BCUT2D eigenvalue weighted by Gasteiger charge is 2.19. The van der Waals surface area contributed by atoms with E-state index in [-0.39, 0.29) is 5.75 Å². The summed E-state index contributed by atoms with van der Waals surface area (Å²) < 4.78 is 5.53. The molecule has 0 spiro atoms. The van der Waals surface area contributed by atoms with Gasteiger partial charge in [0.2, 0.25) is 0 Å². The lowest BCUT2D eigenvalue weighted by Gasteiger charge is -2.16. The first-order valence-corrected chi connectivity index (χ1v) is 5.44. The quantitative estimate of drug-likeness (QED) is 0.889. The zero-order chi connectivity index (χ0) is 12.3. The van der Waals surface area contributed by atoms with Crippen molar-refractivity contribution in [2.75, 3.05) is 7.11 Å². The zero-order valence-corrected chi connectivity index (χ0v) is 10.7. The van der Waals surface area contributed by atoms with Gasteiger partial charge in [0.05, 0.1) is 17.7 Å². The molecule has 0 fully saturated rings. The molecule has 1 aromatic rings. The molecule has 86 valence electrons. The Labute approximate surface area is 103 Å². The minimum Gasteiger partial charge on any atom is -0.503 e. The lowest BCUT2D eigenvalue weighted by Crippen LogP contribution is -2.36. The van der Waals surface area contributed by atoms with Crippen LogP contribution in [0.15, 0.2) is 16.6 Å². The SMILES string of the molecule is COc1cc(CC(C)(N)C#N)cc(Br)c1O. The predicted octanol–water partition coefficient (Wildman–Crippen LogP) is 1.95. The lowest BCUT2D eigenvalue weighted by molar-refractivity contribution is 0.371. The van der Waals surface area contributed by atoms with Crippen molar-refractivity contribution in [3.05, 3.63) is 22.2 Å². The summed E-state index contributed by atoms with van der Waals surface area (Å²) in [5, 5.41) is 18.4. The molecule has 1 aromatic carbocycles. The molecule has 1 unspecified atom stereocenters. The second-order valence-electron chi connectivity index (χ2n) is 3.83. The van der Waals surface area contributed by atoms with Crippen molar-refractivity contribution in [2.45, 2.75) is 18.9 Å². The van der Waals surface area contributed by atoms with E-state index in [1.807, 2.05) is 6.07 Å². The third-order valence-electron chi connectivity index (χ3n) is 2.13. The summed E-state index contributed by atoms with van der Waals surface area (Å²) >= 11 is 3.21. The molecule has 1 atom stereocenters. The van der Waals surface area contributed by atoms with E-state index in [0.717, 1.165) is 5.56 Å². The molecule has 3 N–H and O–H groups in total. The fraction of sp³-hybridized carbons (Fsp3) is 0.364. The van der Waals surface area contributed by atoms with E-state index >= 15 is 0 Å². The van der Waals surface area contributed by atoms with E-state index in [0.29, 0.717) is 16.6 Å². The second kappa shape index (κ2) is 4.73. The Hall–Kier alpha value is -1.25. The van der Waals surface area contributed by atoms with Crippen LogP contribution in [0.1, 0.15) is 12.5 Å². The number of nitrogens with zero attached hydrogens (tertiary/aromatic N) is 1. The lowest BCUT2D eigenvalue weighted by atomic mass is 9.95. The van der Waals surface area contributed by atoms with Crippen LogP contribution in [-0.2, 0) is 6.42 Å². The average Bonchev–Trinajstić information content (AvgIpc) is 2.22. The molecule has 4 nitrogen and oxygen atoms in total. The molecule has 1 rings (SSSR count). The van der Waals surface area contributed by atoms with E-state index in [2.05, 4.69) is 15.9 Å². The normalized spacial score (nSPS) is 13.9. The highest BCUT2D eigenvalue weighted by molar-refractivity contribution is 9.10. The van der Waals surface area contributed by atoms with Gasteiger partial charge in [-0.2, -0.15) is 5.26 Å². The third-order valence-corrected chi connectivity index (χ3v) is 2.74. The van der Waals surface area contributed by atoms with Gasteiger partial charge in [-0.25, -0.2) is 0 Å². The van der Waals surface area contributed by atoms with Crippen molar-refractivity contribution in [1.29, 1.82) is 5.26 Å². The summed E-state index contributed by atoms with van der Waals surface area (Å²) in [6.45, 7) is 1.65. The van der Waals surface area contributed by atoms with Crippen LogP contribution in [0.2, 0.25) is 0 Å². The van der Waals surface area contributed by atoms with Crippen molar-refractivity contribution in [3.8, 4) is 17.6 Å². The number of ether oxygens (including phenoxy) is 1. The summed E-state index contributed by atoms with van der Waals surface area (Å²) in [5.74, 6) is 0.403. The van der Waals surface area contributed by atoms with Gasteiger partial charge in [0, 0.05) is 6.42 Å². The summed E-state index contributed by atoms with van der Waals surface area (Å²) in [7, 11) is 1.47. The van der Waals surface area contributed by atoms with E-state index < -0.39 is 5.54 Å². The molecule has 0 aliphatic heterocycles. The van der Waals surface area contributed by atoms with Crippen LogP contribution >= 0.6 is 15.9 Å². The number of hydrogen-bond acceptors (Lipinski definition) is 4. The topological polar surface area (TPSA) is 79.3 Å². The summed E-state index contributed by atoms with van der Waals surface area (Å²) in [4.78, 5) is 0. The first kappa shape index (κ1) is 12.8. The summed E-state index contributed by atoms with van der Waals surface area (Å²) in [6, 6.07) is 5.41. The Bertz CT molecular complexity index is 438. The molecule has 16 heavy (non-hydrogen) atoms. The van der Waals surface area contributed by atoms with Crippen LogP contribution in [0, 0.1) is 11.3 Å². The number of phenols is 1. The third kappa shape index (κ3) is 2.87. The number of rotatable bonds is 3. The maximum absolute atomic E-state index is 9.61. The number of hydrogen-bond donors (Lipinski definition) is 2. The molecular weight excluding hydrogens is 272 g/mol. The second-order valence-corrected chi connectivity index (χ2v) is 4.69. The molecular formula is C11H13BrN2O2. The molecule has 0 aliphatic carbocycles. The Kier molecular flexibility index (Phi) is 3.79. The fourth-order valence-corrected chi connectivity index (χ4v) is 1.84. The van der Waals surface area contributed by atoms with Gasteiger partial charge in [0.15, 0.2) is 11.5 Å². The molecule has 0 saturated heterocycles. The molecule has 0 aromatic heterocycles. The minimum atomic E-state index is -0.929. The van der Waals surface area contributed by atoms with Crippen LogP contribution < -0.4 is 10.5 Å². The number of benzene rings is 1. The van der Waals surface area contributed by atoms with E-state index in [9.17, 15) is 5.11 Å². The number of methoxy groups -OCH3 is 1. The van der Waals surface area contributed by atoms with Crippen LogP contribution in [-0.4, -0.2) is 17.8 Å². The number of nitrogens with two attached hydrogens (primary N) is 1. The Morgan fingerprint density at radius 2 is 2.25 bits per heavy atom. The Morgan fingerprint density at radius 1 is 1.62 bits per heavy atom. The van der Waals surface area contributed by atoms with E-state index in [1.54, 1.807) is 19.1 Å². The summed E-state index contributed by atoms with van der Waals surface area (Å²) in [6.07, 6.45) is 0.388. The van der Waals surface area contributed by atoms with Gasteiger partial charge in [0.25, 0.3) is 0 Å². The van der Waals surface area contributed by atoms with Gasteiger partial charge in [-0.3, -0.25) is 0 Å². The first-order chi connectivity index (χ1) is 7.39. The molecule has 0 radical (unpaired) electrons. The zero-order valence-electron chi connectivity index (χ0n) is 9.12. The van der Waals surface area contributed by atoms with Gasteiger partial charge in [-0.15, -0.1) is 0 Å². The monoisotopic (exact) mass is 284 g/mol. The van der Waals surface area contributed by atoms with Crippen LogP contribution in [0.4, 0.5) is 0 Å². The number of nitriles is 1. The molecule has 0 bridgehead atoms. The smallest absolute Gasteiger partial charge is 0.172 e. The van der Waals surface area contributed by atoms with Gasteiger partial charge in [-0.1, -0.05) is 0 Å². The maximum Gasteiger partial charge on any atom is 0.172 e. The molecule has 0 amide bonds. The molecule has 5 heteroatoms. The van der Waals surface area contributed by atoms with Crippen molar-refractivity contribution in [2.24, 2.45) is 5.73 Å². The Morgan fingerprint density at radius 3 is 2.75 bits per heavy atom. The van der Waals surface area contributed by atoms with Crippen LogP contribution in [0.3, 0.4) is 0 Å². The van der Waals surface area contributed by atoms with Crippen molar-refractivity contribution in [1.82, 2.24) is 0 Å². The standard InChI is InChI=1S/C11H13BrN2O2/c1-11(14,6-13)5-7-3-8(12)10(15)9(4-7)16-2/h3-4,15H,5,14H2,1-2H3. The van der Waals surface area contributed by atoms with Gasteiger partial charge < -0.3 is 15.6 Å². The minimum absolute atomic E-state index is 0.0435. The van der Waals surface area contributed by atoms with Gasteiger partial charge in [-0.05, 0) is 40.5 Å². The van der Waals surface area contributed by atoms with E-state index in [1.165, 1.54) is 7.11 Å². The molecule has 0 saturated carbocycles. The van der Waals surface area contributed by atoms with Gasteiger partial charge in [0.1, 0.15) is 5.54 Å². The van der Waals surface area contributed by atoms with Crippen molar-refractivity contribution < 1.29 is 9.84 Å². The van der Waals surface area contributed by atoms with Crippen LogP contribution in [0.5, 0.6) is 11.5 Å². The number of phenolic OH excluding ortho intramolecular Hbond substituents is 1. The van der Waals surface area contributed by atoms with E-state index in [4.69, 9.17) is 15.7 Å². The molecule has 0 heterocycles. The predicted molar refractivity (Wildman–Crippen MR) is 64.3 cm³/mol. The fourth-order valence-electron chi connectivity index (χ4n) is 1.35. The Balaban J connectivity index is 3.09. The maximum atomic E-state index is 9.61. The average molecular weight is 285 g/mol. The number of aromatic hydroxyl groups is 1. The first-order valence-electron chi connectivity index (χ1n) is 4.65. The molecule has 0 aliphatic rings.